The van der Waals surface area contributed by atoms with Gasteiger partial charge in [0, 0.05) is 37.4 Å². The van der Waals surface area contributed by atoms with Crippen LogP contribution in [0.5, 0.6) is 0 Å². The van der Waals surface area contributed by atoms with Gasteiger partial charge in [0.25, 0.3) is 0 Å². The topological polar surface area (TPSA) is 76.1 Å². The van der Waals surface area contributed by atoms with Crippen molar-refractivity contribution in [3.05, 3.63) is 0 Å². The fourth-order valence-corrected chi connectivity index (χ4v) is 7.68. The van der Waals surface area contributed by atoms with Crippen LogP contribution in [-0.4, -0.2) is 74.0 Å². The van der Waals surface area contributed by atoms with Crippen LogP contribution in [0.2, 0.25) is 0 Å². The summed E-state index contributed by atoms with van der Waals surface area (Å²) in [5.74, 6) is 2.09. The van der Waals surface area contributed by atoms with Crippen LogP contribution in [0.4, 0.5) is 4.79 Å². The highest BCUT2D eigenvalue weighted by atomic mass is 32.2. The fraction of sp³-hybridized carbons (Fsp3) is 0.889. The van der Waals surface area contributed by atoms with Crippen molar-refractivity contribution < 1.29 is 23.9 Å². The van der Waals surface area contributed by atoms with E-state index < -0.39 is 6.16 Å². The summed E-state index contributed by atoms with van der Waals surface area (Å²) in [7, 11) is 0. The van der Waals surface area contributed by atoms with Gasteiger partial charge in [-0.1, -0.05) is 39.5 Å². The standard InChI is InChI=1S/C27H48N2O5S4/c1-3-5-7-11-21(13-9-15-23(30)28-17-19-37-25(28)35)33-27(32)34-22(12-8-6-4-2)14-10-16-24(31)29-18-20-38-26(29)36/h21-22,25-26,35-36H,3-20H2,1-2H3. The molecule has 2 aliphatic heterocycles. The zero-order chi connectivity index (χ0) is 27.8. The number of carbonyl (C=O) groups is 3. The first-order valence-corrected chi connectivity index (χ1v) is 17.5. The summed E-state index contributed by atoms with van der Waals surface area (Å²) in [6.07, 6.45) is 10.3. The van der Waals surface area contributed by atoms with Gasteiger partial charge in [-0.15, -0.1) is 48.8 Å². The highest BCUT2D eigenvalue weighted by Gasteiger charge is 2.28. The monoisotopic (exact) mass is 608 g/mol. The van der Waals surface area contributed by atoms with Crippen molar-refractivity contribution in [1.82, 2.24) is 9.80 Å². The van der Waals surface area contributed by atoms with E-state index in [-0.39, 0.29) is 33.4 Å². The summed E-state index contributed by atoms with van der Waals surface area (Å²) in [6.45, 7) is 5.79. The fourth-order valence-electron chi connectivity index (χ4n) is 4.73. The van der Waals surface area contributed by atoms with E-state index in [2.05, 4.69) is 39.1 Å². The van der Waals surface area contributed by atoms with Crippen LogP contribution in [-0.2, 0) is 19.1 Å². The molecule has 7 nitrogen and oxygen atoms in total. The molecular formula is C27H48N2O5S4. The van der Waals surface area contributed by atoms with E-state index in [0.717, 1.165) is 76.0 Å². The quantitative estimate of drug-likeness (QED) is 0.0990. The Morgan fingerprint density at radius 1 is 0.711 bits per heavy atom. The Morgan fingerprint density at radius 3 is 1.45 bits per heavy atom. The largest absolute Gasteiger partial charge is 0.508 e. The molecule has 4 atom stereocenters. The van der Waals surface area contributed by atoms with Gasteiger partial charge < -0.3 is 19.3 Å². The average molecular weight is 609 g/mol. The molecule has 4 unspecified atom stereocenters. The minimum absolute atomic E-state index is 0.0532. The van der Waals surface area contributed by atoms with Crippen LogP contribution in [0.1, 0.15) is 104 Å². The van der Waals surface area contributed by atoms with Crippen LogP contribution in [0.15, 0.2) is 0 Å². The average Bonchev–Trinajstić information content (AvgIpc) is 3.51. The maximum absolute atomic E-state index is 12.8. The molecule has 2 amide bonds. The Bertz CT molecular complexity index is 661. The molecule has 0 aromatic rings. The Labute approximate surface area is 249 Å². The molecule has 0 aromatic heterocycles. The van der Waals surface area contributed by atoms with Gasteiger partial charge in [0.05, 0.1) is 0 Å². The van der Waals surface area contributed by atoms with E-state index in [4.69, 9.17) is 9.47 Å². The number of thiol groups is 2. The van der Waals surface area contributed by atoms with Gasteiger partial charge in [-0.2, -0.15) is 0 Å². The zero-order valence-electron chi connectivity index (χ0n) is 23.2. The summed E-state index contributed by atoms with van der Waals surface area (Å²) in [5.41, 5.74) is 0. The van der Waals surface area contributed by atoms with Gasteiger partial charge in [-0.25, -0.2) is 4.79 Å². The lowest BCUT2D eigenvalue weighted by atomic mass is 10.0. The van der Waals surface area contributed by atoms with Crippen LogP contribution in [0.25, 0.3) is 0 Å². The molecule has 220 valence electrons. The van der Waals surface area contributed by atoms with Crippen molar-refractivity contribution in [3.63, 3.8) is 0 Å². The van der Waals surface area contributed by atoms with Gasteiger partial charge in [0.15, 0.2) is 0 Å². The number of thioether (sulfide) groups is 2. The minimum Gasteiger partial charge on any atom is -0.431 e. The normalized spacial score (nSPS) is 20.9. The molecule has 2 aliphatic rings. The lowest BCUT2D eigenvalue weighted by Gasteiger charge is -2.23. The minimum atomic E-state index is -0.622. The van der Waals surface area contributed by atoms with Crippen molar-refractivity contribution >= 4 is 66.8 Å². The number of ether oxygens (including phenoxy) is 2. The molecule has 0 bridgehead atoms. The number of amides is 2. The Morgan fingerprint density at radius 2 is 1.11 bits per heavy atom. The number of hydrogen-bond acceptors (Lipinski definition) is 9. The highest BCUT2D eigenvalue weighted by molar-refractivity contribution is 8.10. The van der Waals surface area contributed by atoms with E-state index in [1.807, 2.05) is 9.80 Å². The Kier molecular flexibility index (Phi) is 17.5. The Hall–Kier alpha value is -0.390. The van der Waals surface area contributed by atoms with Crippen molar-refractivity contribution in [2.24, 2.45) is 0 Å². The van der Waals surface area contributed by atoms with E-state index in [1.165, 1.54) is 0 Å². The third-order valence-corrected chi connectivity index (χ3v) is 10.4. The van der Waals surface area contributed by atoms with E-state index >= 15 is 0 Å². The second-order valence-electron chi connectivity index (χ2n) is 10.1. The number of rotatable bonds is 18. The number of carbonyl (C=O) groups excluding carboxylic acids is 3. The van der Waals surface area contributed by atoms with E-state index in [0.29, 0.717) is 38.5 Å². The third kappa shape index (κ3) is 12.9. The smallest absolute Gasteiger partial charge is 0.431 e. The van der Waals surface area contributed by atoms with Gasteiger partial charge in [-0.05, 0) is 51.4 Å². The lowest BCUT2D eigenvalue weighted by molar-refractivity contribution is -0.131. The molecule has 2 heterocycles. The molecule has 38 heavy (non-hydrogen) atoms. The van der Waals surface area contributed by atoms with Crippen molar-refractivity contribution in [2.75, 3.05) is 24.6 Å². The molecule has 2 rings (SSSR count). The molecule has 2 fully saturated rings. The van der Waals surface area contributed by atoms with Crippen molar-refractivity contribution in [2.45, 2.75) is 125 Å². The predicted octanol–water partition coefficient (Wildman–Crippen LogP) is 6.96. The summed E-state index contributed by atoms with van der Waals surface area (Å²) in [4.78, 5) is 41.5. The van der Waals surface area contributed by atoms with Gasteiger partial charge in [0.1, 0.15) is 21.6 Å². The molecule has 0 N–H and O–H groups in total. The van der Waals surface area contributed by atoms with Crippen LogP contribution < -0.4 is 0 Å². The van der Waals surface area contributed by atoms with Crippen molar-refractivity contribution in [3.8, 4) is 0 Å². The molecule has 2 saturated heterocycles. The first-order chi connectivity index (χ1) is 18.3. The molecule has 0 aliphatic carbocycles. The van der Waals surface area contributed by atoms with Gasteiger partial charge >= 0.3 is 6.16 Å². The molecule has 11 heteroatoms. The highest BCUT2D eigenvalue weighted by Crippen LogP contribution is 2.28. The number of unbranched alkanes of at least 4 members (excludes halogenated alkanes) is 4. The first-order valence-electron chi connectivity index (χ1n) is 14.4. The lowest BCUT2D eigenvalue weighted by Crippen LogP contribution is -2.32. The second kappa shape index (κ2) is 19.6. The second-order valence-corrected chi connectivity index (χ2v) is 14.1. The number of nitrogens with zero attached hydrogens (tertiary/aromatic N) is 2. The molecule has 0 radical (unpaired) electrons. The number of hydrogen-bond donors (Lipinski definition) is 2. The SMILES string of the molecule is CCCCCC(CCCC(=O)N1CCSC1S)OC(=O)OC(CCCCC)CCCC(=O)N1CCSC1S. The third-order valence-electron chi connectivity index (χ3n) is 6.99. The van der Waals surface area contributed by atoms with E-state index in [1.54, 1.807) is 23.5 Å². The zero-order valence-corrected chi connectivity index (χ0v) is 26.6. The maximum Gasteiger partial charge on any atom is 0.508 e. The summed E-state index contributed by atoms with van der Waals surface area (Å²) >= 11 is 12.3. The van der Waals surface area contributed by atoms with E-state index in [9.17, 15) is 14.4 Å². The summed E-state index contributed by atoms with van der Waals surface area (Å²) in [5, 5.41) is 0. The maximum atomic E-state index is 12.8. The van der Waals surface area contributed by atoms with Crippen LogP contribution in [0.3, 0.4) is 0 Å². The molecule has 0 spiro atoms. The van der Waals surface area contributed by atoms with Gasteiger partial charge in [0.2, 0.25) is 11.8 Å². The van der Waals surface area contributed by atoms with Crippen molar-refractivity contribution in [1.29, 1.82) is 0 Å². The summed E-state index contributed by atoms with van der Waals surface area (Å²) < 4.78 is 11.5. The van der Waals surface area contributed by atoms with Crippen LogP contribution >= 0.6 is 48.8 Å². The first kappa shape index (κ1) is 33.8. The molecular weight excluding hydrogens is 561 g/mol. The Balaban J connectivity index is 1.82. The van der Waals surface area contributed by atoms with Gasteiger partial charge in [-0.3, -0.25) is 9.59 Å². The predicted molar refractivity (Wildman–Crippen MR) is 165 cm³/mol. The molecule has 0 saturated carbocycles. The van der Waals surface area contributed by atoms with Crippen LogP contribution in [0, 0.1) is 0 Å². The summed E-state index contributed by atoms with van der Waals surface area (Å²) in [6, 6.07) is 0. The molecule has 0 aromatic carbocycles.